The molecule has 0 atom stereocenters. The van der Waals surface area contributed by atoms with Gasteiger partial charge in [0.1, 0.15) is 0 Å². The van der Waals surface area contributed by atoms with Crippen molar-refractivity contribution in [2.24, 2.45) is 5.41 Å². The Kier molecular flexibility index (Phi) is 6.40. The molecule has 0 spiro atoms. The molecule has 0 radical (unpaired) electrons. The SMILES string of the molecule is CNCc1cc(C)c(Br)c(S(=O)(=O)NCCC(C)(C)C)c1. The van der Waals surface area contributed by atoms with Gasteiger partial charge in [-0.3, -0.25) is 0 Å². The standard InChI is InChI=1S/C15H25BrN2O2S/c1-11-8-12(10-17-5)9-13(14(11)16)21(19,20)18-7-6-15(2,3)4/h8-9,17-18H,6-7,10H2,1-5H3. The van der Waals surface area contributed by atoms with E-state index in [0.717, 1.165) is 17.5 Å². The minimum absolute atomic E-state index is 0.101. The summed E-state index contributed by atoms with van der Waals surface area (Å²) in [5.74, 6) is 0. The molecule has 0 aliphatic heterocycles. The van der Waals surface area contributed by atoms with E-state index in [0.29, 0.717) is 22.5 Å². The molecule has 0 unspecified atom stereocenters. The van der Waals surface area contributed by atoms with E-state index in [1.807, 2.05) is 20.0 Å². The van der Waals surface area contributed by atoms with Crippen LogP contribution in [0, 0.1) is 12.3 Å². The molecule has 2 N–H and O–H groups in total. The average Bonchev–Trinajstić information content (AvgIpc) is 2.31. The highest BCUT2D eigenvalue weighted by molar-refractivity contribution is 9.10. The third-order valence-corrected chi connectivity index (χ3v) is 5.92. The minimum atomic E-state index is -3.50. The largest absolute Gasteiger partial charge is 0.316 e. The van der Waals surface area contributed by atoms with Gasteiger partial charge in [0.05, 0.1) is 4.90 Å². The van der Waals surface area contributed by atoms with Crippen molar-refractivity contribution >= 4 is 26.0 Å². The third-order valence-electron chi connectivity index (χ3n) is 3.12. The summed E-state index contributed by atoms with van der Waals surface area (Å²) >= 11 is 3.39. The average molecular weight is 377 g/mol. The van der Waals surface area contributed by atoms with E-state index < -0.39 is 10.0 Å². The van der Waals surface area contributed by atoms with Gasteiger partial charge in [0.2, 0.25) is 10.0 Å². The van der Waals surface area contributed by atoms with Gasteiger partial charge in [-0.15, -0.1) is 0 Å². The van der Waals surface area contributed by atoms with Crippen LogP contribution >= 0.6 is 15.9 Å². The number of aryl methyl sites for hydroxylation is 1. The second kappa shape index (κ2) is 7.22. The maximum Gasteiger partial charge on any atom is 0.241 e. The molecule has 0 saturated carbocycles. The lowest BCUT2D eigenvalue weighted by atomic mass is 9.93. The van der Waals surface area contributed by atoms with Crippen LogP contribution in [-0.2, 0) is 16.6 Å². The molecular weight excluding hydrogens is 352 g/mol. The van der Waals surface area contributed by atoms with Crippen molar-refractivity contribution < 1.29 is 8.42 Å². The van der Waals surface area contributed by atoms with Crippen molar-refractivity contribution in [1.29, 1.82) is 0 Å². The minimum Gasteiger partial charge on any atom is -0.316 e. The fourth-order valence-corrected chi connectivity index (χ4v) is 4.05. The van der Waals surface area contributed by atoms with E-state index in [1.54, 1.807) is 6.07 Å². The molecule has 4 nitrogen and oxygen atoms in total. The zero-order valence-corrected chi connectivity index (χ0v) is 15.8. The van der Waals surface area contributed by atoms with Gasteiger partial charge in [-0.2, -0.15) is 0 Å². The van der Waals surface area contributed by atoms with Crippen LogP contribution in [0.1, 0.15) is 38.3 Å². The van der Waals surface area contributed by atoms with E-state index in [1.165, 1.54) is 0 Å². The van der Waals surface area contributed by atoms with Gasteiger partial charge in [-0.25, -0.2) is 13.1 Å². The van der Waals surface area contributed by atoms with E-state index in [2.05, 4.69) is 46.7 Å². The predicted octanol–water partition coefficient (Wildman–Crippen LogP) is 3.19. The van der Waals surface area contributed by atoms with E-state index in [-0.39, 0.29) is 5.41 Å². The van der Waals surface area contributed by atoms with Crippen LogP contribution in [0.15, 0.2) is 21.5 Å². The number of benzene rings is 1. The number of rotatable bonds is 6. The number of hydrogen-bond donors (Lipinski definition) is 2. The van der Waals surface area contributed by atoms with Crippen LogP contribution in [0.2, 0.25) is 0 Å². The van der Waals surface area contributed by atoms with Crippen LogP contribution < -0.4 is 10.0 Å². The van der Waals surface area contributed by atoms with Crippen LogP contribution in [0.5, 0.6) is 0 Å². The summed E-state index contributed by atoms with van der Waals surface area (Å²) in [6, 6.07) is 3.70. The molecule has 6 heteroatoms. The number of sulfonamides is 1. The quantitative estimate of drug-likeness (QED) is 0.801. The molecule has 0 bridgehead atoms. The summed E-state index contributed by atoms with van der Waals surface area (Å²) in [6.45, 7) is 9.25. The van der Waals surface area contributed by atoms with E-state index >= 15 is 0 Å². The normalized spacial score (nSPS) is 12.7. The number of hydrogen-bond acceptors (Lipinski definition) is 3. The van der Waals surface area contributed by atoms with Gasteiger partial charge in [-0.1, -0.05) is 26.8 Å². The number of nitrogens with one attached hydrogen (secondary N) is 2. The highest BCUT2D eigenvalue weighted by Crippen LogP contribution is 2.27. The molecule has 0 aliphatic rings. The lowest BCUT2D eigenvalue weighted by molar-refractivity contribution is 0.378. The molecule has 0 amide bonds. The summed E-state index contributed by atoms with van der Waals surface area (Å²) < 4.78 is 28.3. The van der Waals surface area contributed by atoms with Crippen molar-refractivity contribution in [3.8, 4) is 0 Å². The fraction of sp³-hybridized carbons (Fsp3) is 0.600. The monoisotopic (exact) mass is 376 g/mol. The van der Waals surface area contributed by atoms with E-state index in [4.69, 9.17) is 0 Å². The van der Waals surface area contributed by atoms with Gasteiger partial charge >= 0.3 is 0 Å². The first-order chi connectivity index (χ1) is 9.57. The molecule has 21 heavy (non-hydrogen) atoms. The highest BCUT2D eigenvalue weighted by atomic mass is 79.9. The van der Waals surface area contributed by atoms with Gasteiger partial charge in [0.25, 0.3) is 0 Å². The Morgan fingerprint density at radius 2 is 1.86 bits per heavy atom. The molecular formula is C15H25BrN2O2S. The Hall–Kier alpha value is -0.430. The molecule has 1 aromatic rings. The molecule has 1 aromatic carbocycles. The van der Waals surface area contributed by atoms with Crippen molar-refractivity contribution in [1.82, 2.24) is 10.0 Å². The lowest BCUT2D eigenvalue weighted by Crippen LogP contribution is -2.28. The van der Waals surface area contributed by atoms with Crippen molar-refractivity contribution in [3.05, 3.63) is 27.7 Å². The van der Waals surface area contributed by atoms with Gasteiger partial charge in [0.15, 0.2) is 0 Å². The zero-order valence-electron chi connectivity index (χ0n) is 13.4. The maximum atomic E-state index is 12.5. The smallest absolute Gasteiger partial charge is 0.241 e. The van der Waals surface area contributed by atoms with E-state index in [9.17, 15) is 8.42 Å². The first kappa shape index (κ1) is 18.6. The maximum absolute atomic E-state index is 12.5. The Labute approximate surface area is 136 Å². The third kappa shape index (κ3) is 5.70. The summed E-state index contributed by atoms with van der Waals surface area (Å²) in [6.07, 6.45) is 0.791. The Bertz CT molecular complexity index is 592. The molecule has 1 rings (SSSR count). The van der Waals surface area contributed by atoms with Crippen LogP contribution in [-0.4, -0.2) is 22.0 Å². The Morgan fingerprint density at radius 3 is 2.38 bits per heavy atom. The Morgan fingerprint density at radius 1 is 1.24 bits per heavy atom. The van der Waals surface area contributed by atoms with Gasteiger partial charge in [0, 0.05) is 17.6 Å². The molecule has 0 fully saturated rings. The second-order valence-corrected chi connectivity index (χ2v) is 8.99. The topological polar surface area (TPSA) is 58.2 Å². The van der Waals surface area contributed by atoms with Crippen molar-refractivity contribution in [2.45, 2.75) is 45.6 Å². The first-order valence-electron chi connectivity index (χ1n) is 7.00. The second-order valence-electron chi connectivity index (χ2n) is 6.46. The first-order valence-corrected chi connectivity index (χ1v) is 9.28. The van der Waals surface area contributed by atoms with Crippen LogP contribution in [0.4, 0.5) is 0 Å². The number of halogens is 1. The van der Waals surface area contributed by atoms with Crippen molar-refractivity contribution in [2.75, 3.05) is 13.6 Å². The molecule has 120 valence electrons. The zero-order chi connectivity index (χ0) is 16.3. The Balaban J connectivity index is 3.02. The van der Waals surface area contributed by atoms with Gasteiger partial charge < -0.3 is 5.32 Å². The van der Waals surface area contributed by atoms with Crippen molar-refractivity contribution in [3.63, 3.8) is 0 Å². The molecule has 0 aromatic heterocycles. The highest BCUT2D eigenvalue weighted by Gasteiger charge is 2.20. The summed E-state index contributed by atoms with van der Waals surface area (Å²) in [5.41, 5.74) is 1.97. The van der Waals surface area contributed by atoms with Gasteiger partial charge in [-0.05, 0) is 58.9 Å². The molecule has 0 aliphatic carbocycles. The molecule has 0 heterocycles. The summed E-state index contributed by atoms with van der Waals surface area (Å²) in [4.78, 5) is 0.307. The fourth-order valence-electron chi connectivity index (χ4n) is 1.95. The predicted molar refractivity (Wildman–Crippen MR) is 90.9 cm³/mol. The summed E-state index contributed by atoms with van der Waals surface area (Å²) in [5, 5.41) is 3.04. The summed E-state index contributed by atoms with van der Waals surface area (Å²) in [7, 11) is -1.66. The van der Waals surface area contributed by atoms with Crippen LogP contribution in [0.3, 0.4) is 0 Å². The molecule has 0 saturated heterocycles. The van der Waals surface area contributed by atoms with Crippen LogP contribution in [0.25, 0.3) is 0 Å². The lowest BCUT2D eigenvalue weighted by Gasteiger charge is -2.18.